The van der Waals surface area contributed by atoms with Gasteiger partial charge in [0, 0.05) is 5.92 Å². The first-order chi connectivity index (χ1) is 5.13. The van der Waals surface area contributed by atoms with E-state index in [1.807, 2.05) is 6.92 Å². The van der Waals surface area contributed by atoms with E-state index in [1.165, 1.54) is 12.8 Å². The molecule has 0 N–H and O–H groups in total. The molecule has 0 amide bonds. The Labute approximate surface area is 70.2 Å². The van der Waals surface area contributed by atoms with Gasteiger partial charge in [-0.25, -0.2) is 0 Å². The van der Waals surface area contributed by atoms with Crippen molar-refractivity contribution >= 4 is 6.29 Å². The summed E-state index contributed by atoms with van der Waals surface area (Å²) in [5.41, 5.74) is 0. The Morgan fingerprint density at radius 1 is 1.27 bits per heavy atom. The molecule has 0 aromatic heterocycles. The van der Waals surface area contributed by atoms with E-state index >= 15 is 0 Å². The monoisotopic (exact) mass is 156 g/mol. The molecule has 0 aliphatic carbocycles. The molecule has 3 unspecified atom stereocenters. The Hall–Kier alpha value is -0.330. The molecule has 0 bridgehead atoms. The fourth-order valence-corrected chi connectivity index (χ4v) is 1.36. The normalized spacial score (nSPS) is 18.9. The Bertz CT molecular complexity index is 109. The molecule has 11 heavy (non-hydrogen) atoms. The summed E-state index contributed by atoms with van der Waals surface area (Å²) < 4.78 is 0. The minimum absolute atomic E-state index is 0.219. The summed E-state index contributed by atoms with van der Waals surface area (Å²) >= 11 is 0. The Morgan fingerprint density at radius 2 is 1.82 bits per heavy atom. The van der Waals surface area contributed by atoms with Crippen molar-refractivity contribution in [1.29, 1.82) is 0 Å². The molecule has 66 valence electrons. The molecule has 0 saturated heterocycles. The average Bonchev–Trinajstić information content (AvgIpc) is 2.02. The second-order valence-corrected chi connectivity index (χ2v) is 3.62. The van der Waals surface area contributed by atoms with E-state index in [0.717, 1.165) is 6.29 Å². The maximum atomic E-state index is 10.5. The minimum Gasteiger partial charge on any atom is -0.303 e. The van der Waals surface area contributed by atoms with E-state index in [2.05, 4.69) is 20.8 Å². The molecule has 0 spiro atoms. The van der Waals surface area contributed by atoms with E-state index in [1.54, 1.807) is 0 Å². The minimum atomic E-state index is 0.219. The lowest BCUT2D eigenvalue weighted by Crippen LogP contribution is -2.17. The number of aldehydes is 1. The smallest absolute Gasteiger partial charge is 0.123 e. The van der Waals surface area contributed by atoms with Crippen LogP contribution in [0.1, 0.15) is 40.5 Å². The molecule has 0 aliphatic heterocycles. The highest BCUT2D eigenvalue weighted by molar-refractivity contribution is 5.53. The summed E-state index contributed by atoms with van der Waals surface area (Å²) in [7, 11) is 0. The maximum Gasteiger partial charge on any atom is 0.123 e. The lowest BCUT2D eigenvalue weighted by molar-refractivity contribution is -0.112. The lowest BCUT2D eigenvalue weighted by Gasteiger charge is -2.21. The van der Waals surface area contributed by atoms with Crippen molar-refractivity contribution in [1.82, 2.24) is 0 Å². The van der Waals surface area contributed by atoms with Gasteiger partial charge in [-0.05, 0) is 11.8 Å². The van der Waals surface area contributed by atoms with Gasteiger partial charge < -0.3 is 4.79 Å². The van der Waals surface area contributed by atoms with Crippen molar-refractivity contribution in [2.24, 2.45) is 17.8 Å². The van der Waals surface area contributed by atoms with Crippen LogP contribution in [0.5, 0.6) is 0 Å². The van der Waals surface area contributed by atoms with Gasteiger partial charge in [0.1, 0.15) is 6.29 Å². The molecular formula is C10H20O. The Morgan fingerprint density at radius 3 is 2.18 bits per heavy atom. The molecule has 3 atom stereocenters. The summed E-state index contributed by atoms with van der Waals surface area (Å²) in [6.07, 6.45) is 3.52. The van der Waals surface area contributed by atoms with Crippen molar-refractivity contribution in [3.8, 4) is 0 Å². The summed E-state index contributed by atoms with van der Waals surface area (Å²) in [5, 5.41) is 0. The van der Waals surface area contributed by atoms with Gasteiger partial charge in [-0.15, -0.1) is 0 Å². The SMILES string of the molecule is CCCC(C)C(C)C(C)C=O. The molecular weight excluding hydrogens is 136 g/mol. The van der Waals surface area contributed by atoms with Gasteiger partial charge >= 0.3 is 0 Å². The molecule has 0 aromatic rings. The van der Waals surface area contributed by atoms with Crippen LogP contribution in [-0.2, 0) is 4.79 Å². The molecule has 0 radical (unpaired) electrons. The van der Waals surface area contributed by atoms with Gasteiger partial charge in [0.25, 0.3) is 0 Å². The number of hydrogen-bond donors (Lipinski definition) is 0. The fraction of sp³-hybridized carbons (Fsp3) is 0.900. The highest BCUT2D eigenvalue weighted by atomic mass is 16.1. The quantitative estimate of drug-likeness (QED) is 0.559. The van der Waals surface area contributed by atoms with Crippen molar-refractivity contribution in [2.45, 2.75) is 40.5 Å². The molecule has 0 aromatic carbocycles. The summed E-state index contributed by atoms with van der Waals surface area (Å²) in [5.74, 6) is 1.43. The van der Waals surface area contributed by atoms with Gasteiger partial charge in [0.2, 0.25) is 0 Å². The number of hydrogen-bond acceptors (Lipinski definition) is 1. The maximum absolute atomic E-state index is 10.5. The van der Waals surface area contributed by atoms with Crippen LogP contribution in [0, 0.1) is 17.8 Å². The molecule has 0 aliphatic rings. The van der Waals surface area contributed by atoms with Crippen LogP contribution in [0.3, 0.4) is 0 Å². The van der Waals surface area contributed by atoms with Crippen molar-refractivity contribution in [3.63, 3.8) is 0 Å². The third-order valence-electron chi connectivity index (χ3n) is 2.69. The Balaban J connectivity index is 3.79. The largest absolute Gasteiger partial charge is 0.303 e. The highest BCUT2D eigenvalue weighted by Gasteiger charge is 2.17. The number of carbonyl (C=O) groups is 1. The van der Waals surface area contributed by atoms with E-state index in [-0.39, 0.29) is 5.92 Å². The van der Waals surface area contributed by atoms with Crippen molar-refractivity contribution in [3.05, 3.63) is 0 Å². The third kappa shape index (κ3) is 3.54. The first-order valence-electron chi connectivity index (χ1n) is 4.58. The van der Waals surface area contributed by atoms with Crippen LogP contribution in [0.4, 0.5) is 0 Å². The van der Waals surface area contributed by atoms with E-state index in [0.29, 0.717) is 11.8 Å². The molecule has 0 saturated carbocycles. The van der Waals surface area contributed by atoms with Crippen LogP contribution < -0.4 is 0 Å². The summed E-state index contributed by atoms with van der Waals surface area (Å²) in [4.78, 5) is 10.5. The summed E-state index contributed by atoms with van der Waals surface area (Å²) in [6.45, 7) is 8.59. The zero-order valence-electron chi connectivity index (χ0n) is 8.13. The Kier molecular flexibility index (Phi) is 5.18. The molecule has 0 fully saturated rings. The molecule has 1 heteroatoms. The second-order valence-electron chi connectivity index (χ2n) is 3.62. The standard InChI is InChI=1S/C10H20O/c1-5-6-8(2)10(4)9(3)7-11/h7-10H,5-6H2,1-4H3. The lowest BCUT2D eigenvalue weighted by atomic mass is 9.83. The highest BCUT2D eigenvalue weighted by Crippen LogP contribution is 2.22. The van der Waals surface area contributed by atoms with E-state index in [4.69, 9.17) is 0 Å². The van der Waals surface area contributed by atoms with Gasteiger partial charge in [-0.3, -0.25) is 0 Å². The predicted octanol–water partition coefficient (Wildman–Crippen LogP) is 2.89. The van der Waals surface area contributed by atoms with Gasteiger partial charge in [-0.1, -0.05) is 40.5 Å². The van der Waals surface area contributed by atoms with E-state index < -0.39 is 0 Å². The predicted molar refractivity (Wildman–Crippen MR) is 48.5 cm³/mol. The summed E-state index contributed by atoms with van der Waals surface area (Å²) in [6, 6.07) is 0. The van der Waals surface area contributed by atoms with Crippen molar-refractivity contribution < 1.29 is 4.79 Å². The van der Waals surface area contributed by atoms with Gasteiger partial charge in [0.05, 0.1) is 0 Å². The van der Waals surface area contributed by atoms with Crippen LogP contribution >= 0.6 is 0 Å². The molecule has 1 nitrogen and oxygen atoms in total. The molecule has 0 heterocycles. The first kappa shape index (κ1) is 10.7. The first-order valence-corrected chi connectivity index (χ1v) is 4.58. The van der Waals surface area contributed by atoms with E-state index in [9.17, 15) is 4.79 Å². The average molecular weight is 156 g/mol. The second kappa shape index (κ2) is 5.34. The topological polar surface area (TPSA) is 17.1 Å². The van der Waals surface area contributed by atoms with Gasteiger partial charge in [-0.2, -0.15) is 0 Å². The van der Waals surface area contributed by atoms with Crippen LogP contribution in [-0.4, -0.2) is 6.29 Å². The zero-order chi connectivity index (χ0) is 8.85. The van der Waals surface area contributed by atoms with Crippen LogP contribution in [0.15, 0.2) is 0 Å². The van der Waals surface area contributed by atoms with Crippen LogP contribution in [0.2, 0.25) is 0 Å². The number of rotatable bonds is 5. The van der Waals surface area contributed by atoms with Crippen LogP contribution in [0.25, 0.3) is 0 Å². The van der Waals surface area contributed by atoms with Gasteiger partial charge in [0.15, 0.2) is 0 Å². The number of carbonyl (C=O) groups excluding carboxylic acids is 1. The third-order valence-corrected chi connectivity index (χ3v) is 2.69. The fourth-order valence-electron chi connectivity index (χ4n) is 1.36. The molecule has 0 rings (SSSR count). The van der Waals surface area contributed by atoms with Crippen molar-refractivity contribution in [2.75, 3.05) is 0 Å². The zero-order valence-corrected chi connectivity index (χ0v) is 8.13.